The summed E-state index contributed by atoms with van der Waals surface area (Å²) in [5.74, 6) is -0.123. The molecule has 0 saturated heterocycles. The van der Waals surface area contributed by atoms with Gasteiger partial charge in [0.25, 0.3) is 5.69 Å². The Morgan fingerprint density at radius 3 is 2.78 bits per heavy atom. The van der Waals surface area contributed by atoms with Crippen LogP contribution in [0.5, 0.6) is 11.5 Å². The zero-order valence-electron chi connectivity index (χ0n) is 14.0. The molecule has 2 aromatic carbocycles. The molecule has 3 aromatic rings. The molecule has 0 radical (unpaired) electrons. The van der Waals surface area contributed by atoms with Crippen LogP contribution in [0.25, 0.3) is 0 Å². The number of nitro benzene ring substituents is 1. The number of aryl methyl sites for hydroxylation is 1. The van der Waals surface area contributed by atoms with Gasteiger partial charge >= 0.3 is 5.97 Å². The van der Waals surface area contributed by atoms with Crippen LogP contribution >= 0.6 is 22.9 Å². The topological polar surface area (TPSA) is 91.6 Å². The summed E-state index contributed by atoms with van der Waals surface area (Å²) in [5.41, 5.74) is 0.881. The summed E-state index contributed by atoms with van der Waals surface area (Å²) in [6.45, 7) is 2.20. The number of hydrogen-bond acceptors (Lipinski definition) is 7. The second kappa shape index (κ2) is 8.15. The van der Waals surface area contributed by atoms with Crippen molar-refractivity contribution in [2.45, 2.75) is 13.5 Å². The van der Waals surface area contributed by atoms with Crippen molar-refractivity contribution in [2.24, 2.45) is 0 Å². The van der Waals surface area contributed by atoms with E-state index >= 15 is 0 Å². The van der Waals surface area contributed by atoms with Crippen LogP contribution in [-0.2, 0) is 6.61 Å². The zero-order chi connectivity index (χ0) is 19.4. The van der Waals surface area contributed by atoms with E-state index in [2.05, 4.69) is 4.98 Å². The molecule has 138 valence electrons. The highest BCUT2D eigenvalue weighted by molar-refractivity contribution is 7.09. The van der Waals surface area contributed by atoms with Crippen LogP contribution < -0.4 is 9.47 Å². The maximum atomic E-state index is 12.3. The van der Waals surface area contributed by atoms with Crippen molar-refractivity contribution in [2.75, 3.05) is 0 Å². The smallest absolute Gasteiger partial charge is 0.343 e. The van der Waals surface area contributed by atoms with E-state index in [1.54, 1.807) is 24.3 Å². The van der Waals surface area contributed by atoms with Crippen molar-refractivity contribution in [1.29, 1.82) is 0 Å². The van der Waals surface area contributed by atoms with Crippen molar-refractivity contribution < 1.29 is 19.2 Å². The summed E-state index contributed by atoms with van der Waals surface area (Å²) in [4.78, 5) is 26.8. The predicted octanol–water partition coefficient (Wildman–Crippen LogP) is 4.81. The Balaban J connectivity index is 1.69. The SMILES string of the molecule is Cc1nc(COc2cccc(C(=O)Oc3ccc([N+](=O)[O-])cc3Cl)c2)cs1. The lowest BCUT2D eigenvalue weighted by Gasteiger charge is -2.08. The number of ether oxygens (including phenoxy) is 2. The van der Waals surface area contributed by atoms with Crippen LogP contribution in [0.3, 0.4) is 0 Å². The fraction of sp³-hybridized carbons (Fsp3) is 0.111. The summed E-state index contributed by atoms with van der Waals surface area (Å²) < 4.78 is 10.9. The summed E-state index contributed by atoms with van der Waals surface area (Å²) in [6.07, 6.45) is 0. The standard InChI is InChI=1S/C18H13ClN2O5S/c1-11-20-13(10-27-11)9-25-15-4-2-3-12(7-15)18(22)26-17-6-5-14(21(23)24)8-16(17)19/h2-8,10H,9H2,1H3. The van der Waals surface area contributed by atoms with Gasteiger partial charge in [0.05, 0.1) is 26.2 Å². The third-order valence-corrected chi connectivity index (χ3v) is 4.57. The lowest BCUT2D eigenvalue weighted by Crippen LogP contribution is -2.09. The molecule has 0 aliphatic rings. The number of aromatic nitrogens is 1. The molecule has 0 bridgehead atoms. The van der Waals surface area contributed by atoms with Gasteiger partial charge in [-0.15, -0.1) is 11.3 Å². The van der Waals surface area contributed by atoms with Gasteiger partial charge in [-0.1, -0.05) is 17.7 Å². The molecule has 1 heterocycles. The molecule has 27 heavy (non-hydrogen) atoms. The number of halogens is 1. The Morgan fingerprint density at radius 2 is 2.11 bits per heavy atom. The number of carbonyl (C=O) groups is 1. The third-order valence-electron chi connectivity index (χ3n) is 3.45. The normalized spacial score (nSPS) is 10.4. The molecule has 0 atom stereocenters. The highest BCUT2D eigenvalue weighted by atomic mass is 35.5. The fourth-order valence-electron chi connectivity index (χ4n) is 2.19. The largest absolute Gasteiger partial charge is 0.487 e. The molecule has 0 spiro atoms. The van der Waals surface area contributed by atoms with Crippen LogP contribution in [0, 0.1) is 17.0 Å². The molecule has 1 aromatic heterocycles. The monoisotopic (exact) mass is 404 g/mol. The number of nitro groups is 1. The van der Waals surface area contributed by atoms with Crippen molar-refractivity contribution >= 4 is 34.6 Å². The summed E-state index contributed by atoms with van der Waals surface area (Å²) in [5, 5.41) is 13.6. The first kappa shape index (κ1) is 18.8. The van der Waals surface area contributed by atoms with Crippen molar-refractivity contribution in [3.05, 3.63) is 79.2 Å². The minimum absolute atomic E-state index is 0.0242. The van der Waals surface area contributed by atoms with Gasteiger partial charge < -0.3 is 9.47 Å². The number of hydrogen-bond donors (Lipinski definition) is 0. The maximum absolute atomic E-state index is 12.3. The van der Waals surface area contributed by atoms with Crippen molar-refractivity contribution in [1.82, 2.24) is 4.98 Å². The zero-order valence-corrected chi connectivity index (χ0v) is 15.6. The number of carbonyl (C=O) groups excluding carboxylic acids is 1. The molecule has 0 saturated carbocycles. The molecular weight excluding hydrogens is 392 g/mol. The number of benzene rings is 2. The summed E-state index contributed by atoms with van der Waals surface area (Å²) >= 11 is 7.48. The van der Waals surface area contributed by atoms with E-state index in [4.69, 9.17) is 21.1 Å². The fourth-order valence-corrected chi connectivity index (χ4v) is 3.00. The highest BCUT2D eigenvalue weighted by Crippen LogP contribution is 2.29. The van der Waals surface area contributed by atoms with E-state index in [-0.39, 0.29) is 28.6 Å². The number of esters is 1. The van der Waals surface area contributed by atoms with Gasteiger partial charge in [-0.3, -0.25) is 10.1 Å². The Hall–Kier alpha value is -2.97. The quantitative estimate of drug-likeness (QED) is 0.253. The molecular formula is C18H13ClN2O5S. The Bertz CT molecular complexity index is 1000. The molecule has 0 fully saturated rings. The van der Waals surface area contributed by atoms with Gasteiger partial charge in [-0.2, -0.15) is 0 Å². The van der Waals surface area contributed by atoms with Crippen molar-refractivity contribution in [3.63, 3.8) is 0 Å². The van der Waals surface area contributed by atoms with Gasteiger partial charge in [0.15, 0.2) is 0 Å². The molecule has 0 aliphatic heterocycles. The molecule has 7 nitrogen and oxygen atoms in total. The van der Waals surface area contributed by atoms with Gasteiger partial charge in [-0.25, -0.2) is 9.78 Å². The van der Waals surface area contributed by atoms with Crippen LogP contribution in [-0.4, -0.2) is 15.9 Å². The molecule has 0 amide bonds. The van der Waals surface area contributed by atoms with Crippen LogP contribution in [0.4, 0.5) is 5.69 Å². The average Bonchev–Trinajstić information content (AvgIpc) is 3.07. The Morgan fingerprint density at radius 1 is 1.30 bits per heavy atom. The first-order chi connectivity index (χ1) is 12.9. The average molecular weight is 405 g/mol. The molecule has 3 rings (SSSR count). The van der Waals surface area contributed by atoms with E-state index in [1.807, 2.05) is 12.3 Å². The van der Waals surface area contributed by atoms with Crippen LogP contribution in [0.1, 0.15) is 21.1 Å². The Kier molecular flexibility index (Phi) is 5.68. The number of nitrogens with zero attached hydrogens (tertiary/aromatic N) is 2. The number of non-ortho nitro benzene ring substituents is 1. The molecule has 9 heteroatoms. The van der Waals surface area contributed by atoms with E-state index in [0.717, 1.165) is 16.8 Å². The van der Waals surface area contributed by atoms with E-state index in [9.17, 15) is 14.9 Å². The van der Waals surface area contributed by atoms with E-state index < -0.39 is 10.9 Å². The van der Waals surface area contributed by atoms with Gasteiger partial charge in [0.2, 0.25) is 0 Å². The predicted molar refractivity (Wildman–Crippen MR) is 101 cm³/mol. The lowest BCUT2D eigenvalue weighted by molar-refractivity contribution is -0.384. The summed E-state index contributed by atoms with van der Waals surface area (Å²) in [7, 11) is 0. The van der Waals surface area contributed by atoms with Crippen molar-refractivity contribution in [3.8, 4) is 11.5 Å². The number of thiazole rings is 1. The minimum atomic E-state index is -0.652. The van der Waals surface area contributed by atoms with E-state index in [1.165, 1.54) is 23.5 Å². The van der Waals surface area contributed by atoms with E-state index in [0.29, 0.717) is 5.75 Å². The van der Waals surface area contributed by atoms with Gasteiger partial charge in [0, 0.05) is 17.5 Å². The Labute approximate surface area is 163 Å². The maximum Gasteiger partial charge on any atom is 0.343 e. The van der Waals surface area contributed by atoms with Crippen LogP contribution in [0.2, 0.25) is 5.02 Å². The second-order valence-electron chi connectivity index (χ2n) is 5.44. The molecule has 0 unspecified atom stereocenters. The second-order valence-corrected chi connectivity index (χ2v) is 6.91. The number of rotatable bonds is 6. The highest BCUT2D eigenvalue weighted by Gasteiger charge is 2.15. The lowest BCUT2D eigenvalue weighted by atomic mass is 10.2. The molecule has 0 N–H and O–H groups in total. The first-order valence-electron chi connectivity index (χ1n) is 7.72. The summed E-state index contributed by atoms with van der Waals surface area (Å²) in [6, 6.07) is 10.1. The van der Waals surface area contributed by atoms with Gasteiger partial charge in [0.1, 0.15) is 18.1 Å². The van der Waals surface area contributed by atoms with Crippen LogP contribution in [0.15, 0.2) is 47.8 Å². The molecule has 0 aliphatic carbocycles. The minimum Gasteiger partial charge on any atom is -0.487 e. The first-order valence-corrected chi connectivity index (χ1v) is 8.98. The third kappa shape index (κ3) is 4.81. The van der Waals surface area contributed by atoms with Gasteiger partial charge in [-0.05, 0) is 31.2 Å².